The Morgan fingerprint density at radius 3 is 1.13 bits per heavy atom. The van der Waals surface area contributed by atoms with Gasteiger partial charge in [-0.05, 0) is 18.8 Å². The number of unbranched alkanes of at least 4 members (excludes halogenated alkanes) is 12. The van der Waals surface area contributed by atoms with E-state index < -0.39 is 0 Å². The minimum Gasteiger partial charge on any atom is -1.00 e. The standard InChI is InChI=1S/C21H46N.ClH/c1-21(2)19-17-15-13-11-9-7-6-8-10-12-14-16-18-20-22(3,4)5;/h21H,6-20H2,1-5H3;1H/q+1;/p-1. The summed E-state index contributed by atoms with van der Waals surface area (Å²) in [6.45, 7) is 6.00. The highest BCUT2D eigenvalue weighted by Gasteiger charge is 2.04. The van der Waals surface area contributed by atoms with E-state index in [1.54, 1.807) is 0 Å². The Balaban J connectivity index is 0. The molecule has 1 nitrogen and oxygen atoms in total. The number of rotatable bonds is 16. The molecule has 0 rings (SSSR count). The van der Waals surface area contributed by atoms with Gasteiger partial charge in [-0.2, -0.15) is 0 Å². The maximum Gasteiger partial charge on any atom is 0.0780 e. The summed E-state index contributed by atoms with van der Waals surface area (Å²) in [6.07, 6.45) is 20.4. The van der Waals surface area contributed by atoms with Crippen LogP contribution in [-0.2, 0) is 0 Å². The van der Waals surface area contributed by atoms with Gasteiger partial charge in [0, 0.05) is 0 Å². The first-order valence-corrected chi connectivity index (χ1v) is 10.2. The van der Waals surface area contributed by atoms with Crippen molar-refractivity contribution >= 4 is 0 Å². The number of nitrogens with zero attached hydrogens (tertiary/aromatic N) is 1. The first-order chi connectivity index (χ1) is 10.4. The van der Waals surface area contributed by atoms with Crippen LogP contribution in [0, 0.1) is 5.92 Å². The van der Waals surface area contributed by atoms with E-state index >= 15 is 0 Å². The first-order valence-electron chi connectivity index (χ1n) is 10.2. The molecule has 0 radical (unpaired) electrons. The van der Waals surface area contributed by atoms with Crippen molar-refractivity contribution in [3.8, 4) is 0 Å². The summed E-state index contributed by atoms with van der Waals surface area (Å²) in [4.78, 5) is 0. The van der Waals surface area contributed by atoms with Crippen molar-refractivity contribution in [3.05, 3.63) is 0 Å². The van der Waals surface area contributed by atoms with Gasteiger partial charge in [0.1, 0.15) is 0 Å². The predicted octanol–water partition coefficient (Wildman–Crippen LogP) is 3.81. The largest absolute Gasteiger partial charge is 1.00 e. The van der Waals surface area contributed by atoms with E-state index in [-0.39, 0.29) is 12.4 Å². The minimum absolute atomic E-state index is 0. The second-order valence-corrected chi connectivity index (χ2v) is 8.79. The van der Waals surface area contributed by atoms with Gasteiger partial charge in [-0.3, -0.25) is 0 Å². The van der Waals surface area contributed by atoms with Gasteiger partial charge in [-0.25, -0.2) is 0 Å². The van der Waals surface area contributed by atoms with Gasteiger partial charge in [-0.15, -0.1) is 0 Å². The second kappa shape index (κ2) is 17.1. The molecule has 0 fully saturated rings. The predicted molar refractivity (Wildman–Crippen MR) is 102 cm³/mol. The summed E-state index contributed by atoms with van der Waals surface area (Å²) >= 11 is 0. The molecule has 0 heterocycles. The molecule has 0 aliphatic heterocycles. The third-order valence-electron chi connectivity index (χ3n) is 4.61. The van der Waals surface area contributed by atoms with E-state index in [1.165, 1.54) is 96.4 Å². The fraction of sp³-hybridized carbons (Fsp3) is 1.00. The molecule has 0 saturated carbocycles. The van der Waals surface area contributed by atoms with Crippen molar-refractivity contribution in [2.24, 2.45) is 5.92 Å². The summed E-state index contributed by atoms with van der Waals surface area (Å²) in [7, 11) is 6.89. The van der Waals surface area contributed by atoms with Crippen molar-refractivity contribution < 1.29 is 16.9 Å². The normalized spacial score (nSPS) is 11.7. The smallest absolute Gasteiger partial charge is 0.0780 e. The van der Waals surface area contributed by atoms with Crippen molar-refractivity contribution in [1.82, 2.24) is 0 Å². The van der Waals surface area contributed by atoms with Crippen LogP contribution < -0.4 is 12.4 Å². The third-order valence-corrected chi connectivity index (χ3v) is 4.61. The number of halogens is 1. The van der Waals surface area contributed by atoms with Crippen LogP contribution in [0.1, 0.15) is 104 Å². The number of hydrogen-bond acceptors (Lipinski definition) is 0. The Morgan fingerprint density at radius 1 is 0.522 bits per heavy atom. The highest BCUT2D eigenvalue weighted by Crippen LogP contribution is 2.14. The van der Waals surface area contributed by atoms with Crippen LogP contribution in [0.25, 0.3) is 0 Å². The van der Waals surface area contributed by atoms with Gasteiger partial charge in [0.05, 0.1) is 27.7 Å². The van der Waals surface area contributed by atoms with Gasteiger partial charge >= 0.3 is 0 Å². The third kappa shape index (κ3) is 24.6. The van der Waals surface area contributed by atoms with E-state index in [0.717, 1.165) is 10.4 Å². The highest BCUT2D eigenvalue weighted by atomic mass is 35.5. The monoisotopic (exact) mass is 347 g/mol. The first kappa shape index (κ1) is 25.5. The molecular formula is C21H46ClN. The summed E-state index contributed by atoms with van der Waals surface area (Å²) in [6, 6.07) is 0. The Bertz CT molecular complexity index is 220. The van der Waals surface area contributed by atoms with Crippen LogP contribution in [-0.4, -0.2) is 32.2 Å². The molecule has 0 unspecified atom stereocenters. The van der Waals surface area contributed by atoms with Crippen molar-refractivity contribution in [2.45, 2.75) is 104 Å². The lowest BCUT2D eigenvalue weighted by atomic mass is 10.0. The molecule has 0 aromatic carbocycles. The second-order valence-electron chi connectivity index (χ2n) is 8.79. The lowest BCUT2D eigenvalue weighted by molar-refractivity contribution is -0.870. The van der Waals surface area contributed by atoms with E-state index in [4.69, 9.17) is 0 Å². The van der Waals surface area contributed by atoms with Gasteiger partial charge < -0.3 is 16.9 Å². The fourth-order valence-corrected chi connectivity index (χ4v) is 3.08. The SMILES string of the molecule is CC(C)CCCCCCCCCCCCCCC[N+](C)(C)C.[Cl-]. The molecule has 0 aromatic heterocycles. The maximum atomic E-state index is 2.34. The Hall–Kier alpha value is 0.250. The fourth-order valence-electron chi connectivity index (χ4n) is 3.08. The summed E-state index contributed by atoms with van der Waals surface area (Å²) < 4.78 is 1.12. The van der Waals surface area contributed by atoms with Crippen molar-refractivity contribution in [1.29, 1.82) is 0 Å². The Kier molecular flexibility index (Phi) is 18.9. The van der Waals surface area contributed by atoms with E-state index in [0.29, 0.717) is 0 Å². The molecule has 0 aliphatic rings. The van der Waals surface area contributed by atoms with Crippen LogP contribution in [0.15, 0.2) is 0 Å². The lowest BCUT2D eigenvalue weighted by Crippen LogP contribution is -3.00. The van der Waals surface area contributed by atoms with Crippen LogP contribution in [0.3, 0.4) is 0 Å². The highest BCUT2D eigenvalue weighted by molar-refractivity contribution is 4.50. The van der Waals surface area contributed by atoms with Gasteiger partial charge in [-0.1, -0.05) is 90.9 Å². The van der Waals surface area contributed by atoms with Gasteiger partial charge in [0.25, 0.3) is 0 Å². The van der Waals surface area contributed by atoms with Gasteiger partial charge in [0.15, 0.2) is 0 Å². The molecule has 142 valence electrons. The van der Waals surface area contributed by atoms with E-state index in [9.17, 15) is 0 Å². The zero-order valence-electron chi connectivity index (χ0n) is 17.0. The minimum atomic E-state index is 0. The van der Waals surface area contributed by atoms with Gasteiger partial charge in [0.2, 0.25) is 0 Å². The molecule has 0 amide bonds. The maximum absolute atomic E-state index is 2.34. The molecule has 0 bridgehead atoms. The van der Waals surface area contributed by atoms with Crippen LogP contribution in [0.4, 0.5) is 0 Å². The Morgan fingerprint density at radius 2 is 0.826 bits per heavy atom. The average molecular weight is 348 g/mol. The molecule has 2 heteroatoms. The molecule has 0 atom stereocenters. The zero-order chi connectivity index (χ0) is 16.7. The van der Waals surface area contributed by atoms with E-state index in [2.05, 4.69) is 35.0 Å². The summed E-state index contributed by atoms with van der Waals surface area (Å²) in [5.74, 6) is 0.896. The van der Waals surface area contributed by atoms with Crippen LogP contribution in [0.5, 0.6) is 0 Å². The molecule has 0 saturated heterocycles. The zero-order valence-corrected chi connectivity index (χ0v) is 17.8. The molecule has 0 aromatic rings. The number of hydrogen-bond donors (Lipinski definition) is 0. The lowest BCUT2D eigenvalue weighted by Gasteiger charge is -2.23. The van der Waals surface area contributed by atoms with E-state index in [1.807, 2.05) is 0 Å². The van der Waals surface area contributed by atoms with Crippen molar-refractivity contribution in [3.63, 3.8) is 0 Å². The number of quaternary nitrogens is 1. The molecule has 0 spiro atoms. The Labute approximate surface area is 154 Å². The molecule has 0 N–H and O–H groups in total. The molecule has 0 aliphatic carbocycles. The average Bonchev–Trinajstić information content (AvgIpc) is 2.41. The van der Waals surface area contributed by atoms with Crippen LogP contribution in [0.2, 0.25) is 0 Å². The molecule has 23 heavy (non-hydrogen) atoms. The van der Waals surface area contributed by atoms with Crippen molar-refractivity contribution in [2.75, 3.05) is 27.7 Å². The quantitative estimate of drug-likeness (QED) is 0.294. The summed E-state index contributed by atoms with van der Waals surface area (Å²) in [5.41, 5.74) is 0. The molecular weight excluding hydrogens is 302 g/mol. The summed E-state index contributed by atoms with van der Waals surface area (Å²) in [5, 5.41) is 0. The topological polar surface area (TPSA) is 0 Å². The van der Waals surface area contributed by atoms with Crippen LogP contribution >= 0.6 is 0 Å².